The molecular formula is C24H23ClFN3O3. The summed E-state index contributed by atoms with van der Waals surface area (Å²) in [6.45, 7) is -0.205. The number of rotatable bonds is 6. The van der Waals surface area contributed by atoms with Crippen molar-refractivity contribution in [1.29, 1.82) is 0 Å². The van der Waals surface area contributed by atoms with E-state index < -0.39 is 23.3 Å². The maximum absolute atomic E-state index is 13.8. The topological polar surface area (TPSA) is 84.2 Å². The minimum absolute atomic E-state index is 0.134. The lowest BCUT2D eigenvalue weighted by Crippen LogP contribution is -2.44. The fraction of sp³-hybridized carbons (Fsp3) is 0.292. The van der Waals surface area contributed by atoms with E-state index in [1.165, 1.54) is 24.3 Å². The van der Waals surface area contributed by atoms with E-state index in [1.54, 1.807) is 30.3 Å². The molecule has 1 amide bonds. The molecule has 0 saturated heterocycles. The van der Waals surface area contributed by atoms with Gasteiger partial charge in [-0.15, -0.1) is 0 Å². The highest BCUT2D eigenvalue weighted by atomic mass is 35.5. The zero-order valence-electron chi connectivity index (χ0n) is 17.3. The number of carbonyl (C=O) groups is 1. The Kier molecular flexibility index (Phi) is 6.67. The summed E-state index contributed by atoms with van der Waals surface area (Å²) in [6, 6.07) is 13.2. The van der Waals surface area contributed by atoms with Gasteiger partial charge in [-0.05, 0) is 55.2 Å². The lowest BCUT2D eigenvalue weighted by atomic mass is 9.98. The molecule has 0 aliphatic heterocycles. The standard InChI is InChI=1S/C24H23ClFN3O3/c25-17-10-8-16(9-11-17)21-13-20(23(31)27-22(14-30)15-4-1-2-5-15)24(32)29(28-21)19-7-3-6-18(26)12-19/h3,6-13,15,22,30H,1-2,4-5,14H2,(H,27,31). The first kappa shape index (κ1) is 22.2. The number of nitrogens with one attached hydrogen (secondary N) is 1. The molecule has 1 atom stereocenters. The second-order valence-corrected chi connectivity index (χ2v) is 8.39. The Labute approximate surface area is 189 Å². The molecule has 166 valence electrons. The van der Waals surface area contributed by atoms with Gasteiger partial charge < -0.3 is 10.4 Å². The van der Waals surface area contributed by atoms with E-state index in [2.05, 4.69) is 10.4 Å². The first-order valence-corrected chi connectivity index (χ1v) is 10.9. The van der Waals surface area contributed by atoms with Gasteiger partial charge in [-0.2, -0.15) is 9.78 Å². The van der Waals surface area contributed by atoms with Gasteiger partial charge in [0.1, 0.15) is 11.4 Å². The number of hydrogen-bond donors (Lipinski definition) is 2. The molecule has 8 heteroatoms. The maximum atomic E-state index is 13.8. The van der Waals surface area contributed by atoms with Gasteiger partial charge in [0.05, 0.1) is 24.0 Å². The molecule has 1 aliphatic rings. The molecule has 6 nitrogen and oxygen atoms in total. The third-order valence-electron chi connectivity index (χ3n) is 5.83. The zero-order chi connectivity index (χ0) is 22.7. The van der Waals surface area contributed by atoms with Gasteiger partial charge in [0.25, 0.3) is 11.5 Å². The molecule has 1 aliphatic carbocycles. The third kappa shape index (κ3) is 4.74. The summed E-state index contributed by atoms with van der Waals surface area (Å²) in [7, 11) is 0. The second kappa shape index (κ2) is 9.63. The van der Waals surface area contributed by atoms with Gasteiger partial charge >= 0.3 is 0 Å². The van der Waals surface area contributed by atoms with Crippen molar-refractivity contribution in [1.82, 2.24) is 15.1 Å². The number of aromatic nitrogens is 2. The molecule has 1 heterocycles. The number of carbonyl (C=O) groups excluding carboxylic acids is 1. The number of benzene rings is 2. The molecule has 0 radical (unpaired) electrons. The van der Waals surface area contributed by atoms with Crippen LogP contribution in [0.3, 0.4) is 0 Å². The molecule has 4 rings (SSSR count). The van der Waals surface area contributed by atoms with E-state index in [1.807, 2.05) is 0 Å². The monoisotopic (exact) mass is 455 g/mol. The molecule has 2 aromatic carbocycles. The van der Waals surface area contributed by atoms with Crippen molar-refractivity contribution in [3.63, 3.8) is 0 Å². The fourth-order valence-electron chi connectivity index (χ4n) is 4.12. The van der Waals surface area contributed by atoms with Crippen LogP contribution in [0.15, 0.2) is 59.4 Å². The van der Waals surface area contributed by atoms with E-state index in [9.17, 15) is 19.1 Å². The average molecular weight is 456 g/mol. The van der Waals surface area contributed by atoms with Gasteiger partial charge in [0, 0.05) is 10.6 Å². The molecule has 1 fully saturated rings. The van der Waals surface area contributed by atoms with Crippen LogP contribution in [0.2, 0.25) is 5.02 Å². The quantitative estimate of drug-likeness (QED) is 0.589. The number of aliphatic hydroxyl groups excluding tert-OH is 1. The van der Waals surface area contributed by atoms with Gasteiger partial charge in [-0.25, -0.2) is 4.39 Å². The Hall–Kier alpha value is -3.03. The van der Waals surface area contributed by atoms with Crippen molar-refractivity contribution in [2.45, 2.75) is 31.7 Å². The smallest absolute Gasteiger partial charge is 0.284 e. The highest BCUT2D eigenvalue weighted by Crippen LogP contribution is 2.28. The Balaban J connectivity index is 1.78. The summed E-state index contributed by atoms with van der Waals surface area (Å²) in [6.07, 6.45) is 3.95. The van der Waals surface area contributed by atoms with E-state index in [0.29, 0.717) is 16.3 Å². The first-order valence-electron chi connectivity index (χ1n) is 10.5. The van der Waals surface area contributed by atoms with E-state index >= 15 is 0 Å². The van der Waals surface area contributed by atoms with Crippen molar-refractivity contribution < 1.29 is 14.3 Å². The van der Waals surface area contributed by atoms with Crippen molar-refractivity contribution in [2.75, 3.05) is 6.61 Å². The van der Waals surface area contributed by atoms with Gasteiger partial charge in [0.15, 0.2) is 0 Å². The lowest BCUT2D eigenvalue weighted by molar-refractivity contribution is 0.0887. The van der Waals surface area contributed by atoms with Crippen molar-refractivity contribution in [3.05, 3.63) is 81.4 Å². The molecule has 1 unspecified atom stereocenters. The molecular weight excluding hydrogens is 433 g/mol. The SMILES string of the molecule is O=C(NC(CO)C1CCCC1)c1cc(-c2ccc(Cl)cc2)nn(-c2cccc(F)c2)c1=O. The second-order valence-electron chi connectivity index (χ2n) is 7.95. The molecule has 1 saturated carbocycles. The normalized spacial score (nSPS) is 15.0. The summed E-state index contributed by atoms with van der Waals surface area (Å²) in [5.41, 5.74) is 0.397. The predicted octanol–water partition coefficient (Wildman–Crippen LogP) is 3.97. The van der Waals surface area contributed by atoms with Crippen LogP contribution in [-0.4, -0.2) is 33.4 Å². The summed E-state index contributed by atoms with van der Waals surface area (Å²) >= 11 is 5.98. The third-order valence-corrected chi connectivity index (χ3v) is 6.08. The van der Waals surface area contributed by atoms with Crippen LogP contribution in [-0.2, 0) is 0 Å². The molecule has 0 spiro atoms. The predicted molar refractivity (Wildman–Crippen MR) is 121 cm³/mol. The lowest BCUT2D eigenvalue weighted by Gasteiger charge is -2.22. The maximum Gasteiger partial charge on any atom is 0.284 e. The Morgan fingerprint density at radius 1 is 1.19 bits per heavy atom. The number of aliphatic hydroxyl groups is 1. The summed E-state index contributed by atoms with van der Waals surface area (Å²) in [5, 5.41) is 17.5. The van der Waals surface area contributed by atoms with Crippen molar-refractivity contribution in [2.24, 2.45) is 5.92 Å². The van der Waals surface area contributed by atoms with Gasteiger partial charge in [-0.3, -0.25) is 9.59 Å². The van der Waals surface area contributed by atoms with Crippen LogP contribution < -0.4 is 10.9 Å². The number of hydrogen-bond acceptors (Lipinski definition) is 4. The molecule has 3 aromatic rings. The number of amides is 1. The van der Waals surface area contributed by atoms with Crippen molar-refractivity contribution >= 4 is 17.5 Å². The molecule has 32 heavy (non-hydrogen) atoms. The fourth-order valence-corrected chi connectivity index (χ4v) is 4.25. The Morgan fingerprint density at radius 2 is 1.91 bits per heavy atom. The van der Waals surface area contributed by atoms with E-state index in [4.69, 9.17) is 11.6 Å². The molecule has 0 bridgehead atoms. The summed E-state index contributed by atoms with van der Waals surface area (Å²) < 4.78 is 14.9. The van der Waals surface area contributed by atoms with Crippen LogP contribution in [0.25, 0.3) is 16.9 Å². The molecule has 2 N–H and O–H groups in total. The minimum Gasteiger partial charge on any atom is -0.394 e. The Morgan fingerprint density at radius 3 is 2.56 bits per heavy atom. The van der Waals surface area contributed by atoms with Gasteiger partial charge in [0.2, 0.25) is 0 Å². The summed E-state index contributed by atoms with van der Waals surface area (Å²) in [5.74, 6) is -0.948. The van der Waals surface area contributed by atoms with Crippen LogP contribution in [0.4, 0.5) is 4.39 Å². The number of nitrogens with zero attached hydrogens (tertiary/aromatic N) is 2. The van der Waals surface area contributed by atoms with Gasteiger partial charge in [-0.1, -0.05) is 42.6 Å². The summed E-state index contributed by atoms with van der Waals surface area (Å²) in [4.78, 5) is 26.3. The highest BCUT2D eigenvalue weighted by Gasteiger charge is 2.27. The van der Waals surface area contributed by atoms with Crippen LogP contribution in [0.1, 0.15) is 36.0 Å². The molecule has 1 aromatic heterocycles. The van der Waals surface area contributed by atoms with Crippen LogP contribution in [0.5, 0.6) is 0 Å². The minimum atomic E-state index is -0.672. The highest BCUT2D eigenvalue weighted by molar-refractivity contribution is 6.30. The van der Waals surface area contributed by atoms with Crippen LogP contribution >= 0.6 is 11.6 Å². The van der Waals surface area contributed by atoms with E-state index in [-0.39, 0.29) is 23.8 Å². The van der Waals surface area contributed by atoms with E-state index in [0.717, 1.165) is 30.4 Å². The zero-order valence-corrected chi connectivity index (χ0v) is 18.1. The largest absolute Gasteiger partial charge is 0.394 e. The van der Waals surface area contributed by atoms with Crippen LogP contribution in [0, 0.1) is 11.7 Å². The first-order chi connectivity index (χ1) is 15.5. The van der Waals surface area contributed by atoms with Crippen molar-refractivity contribution in [3.8, 4) is 16.9 Å². The number of halogens is 2. The average Bonchev–Trinajstić information content (AvgIpc) is 3.33. The Bertz CT molecular complexity index is 1170.